The highest BCUT2D eigenvalue weighted by molar-refractivity contribution is 5.74. The molecule has 0 aliphatic carbocycles. The smallest absolute Gasteiger partial charge is 0.349 e. The molecule has 0 saturated heterocycles. The summed E-state index contributed by atoms with van der Waals surface area (Å²) in [6.07, 6.45) is 0. The number of methoxy groups -OCH3 is 1. The number of hydrogen-bond donors (Lipinski definition) is 1. The Labute approximate surface area is 252 Å². The van der Waals surface area contributed by atoms with Gasteiger partial charge in [-0.3, -0.25) is 10.1 Å². The fourth-order valence-electron chi connectivity index (χ4n) is 4.70. The second-order valence-corrected chi connectivity index (χ2v) is 9.80. The molecule has 1 unspecified atom stereocenters. The predicted octanol–water partition coefficient (Wildman–Crippen LogP) is 5.69. The van der Waals surface area contributed by atoms with Crippen LogP contribution in [0, 0.1) is 28.4 Å². The fraction of sp³-hybridized carbons (Fsp3) is 0.152. The van der Waals surface area contributed by atoms with Crippen molar-refractivity contribution in [3.05, 3.63) is 129 Å². The maximum absolute atomic E-state index is 12.5. The maximum Gasteiger partial charge on any atom is 0.349 e. The van der Waals surface area contributed by atoms with Gasteiger partial charge in [0.15, 0.2) is 23.9 Å². The number of hydrogen-bond acceptors (Lipinski definition) is 10. The number of esters is 1. The second kappa shape index (κ2) is 12.9. The normalized spacial score (nSPS) is 13.6. The summed E-state index contributed by atoms with van der Waals surface area (Å²) in [5.41, 5.74) is 9.57. The van der Waals surface area contributed by atoms with Crippen molar-refractivity contribution >= 4 is 11.7 Å². The first-order valence-corrected chi connectivity index (χ1v) is 13.4. The van der Waals surface area contributed by atoms with E-state index in [0.29, 0.717) is 29.2 Å². The van der Waals surface area contributed by atoms with E-state index in [1.165, 1.54) is 31.4 Å². The maximum atomic E-state index is 12.5. The molecule has 0 fully saturated rings. The van der Waals surface area contributed by atoms with E-state index >= 15 is 0 Å². The zero-order valence-electron chi connectivity index (χ0n) is 23.8. The van der Waals surface area contributed by atoms with E-state index in [0.717, 1.165) is 11.1 Å². The van der Waals surface area contributed by atoms with Crippen molar-refractivity contribution in [1.29, 1.82) is 5.26 Å². The van der Waals surface area contributed by atoms with Crippen molar-refractivity contribution < 1.29 is 33.4 Å². The summed E-state index contributed by atoms with van der Waals surface area (Å²) in [6, 6.07) is 25.9. The summed E-state index contributed by atoms with van der Waals surface area (Å²) in [5, 5.41) is 21.1. The number of carbonyl (C=O) groups excluding carboxylic acids is 1. The molecule has 0 spiro atoms. The molecular formula is C33H27N3O8. The van der Waals surface area contributed by atoms with E-state index in [4.69, 9.17) is 29.4 Å². The number of nitrogens with zero attached hydrogens (tertiary/aromatic N) is 2. The van der Waals surface area contributed by atoms with E-state index < -0.39 is 23.4 Å². The number of para-hydroxylation sites is 2. The summed E-state index contributed by atoms with van der Waals surface area (Å²) in [5.74, 6) is -0.119. The Morgan fingerprint density at radius 2 is 1.77 bits per heavy atom. The lowest BCUT2D eigenvalue weighted by Gasteiger charge is -2.27. The zero-order valence-corrected chi connectivity index (χ0v) is 23.8. The van der Waals surface area contributed by atoms with Gasteiger partial charge < -0.3 is 29.4 Å². The van der Waals surface area contributed by atoms with Gasteiger partial charge in [0.25, 0.3) is 0 Å². The Morgan fingerprint density at radius 3 is 2.50 bits per heavy atom. The number of aryl methyl sites for hydroxylation is 1. The largest absolute Gasteiger partial charge is 0.493 e. The number of allylic oxidation sites excluding steroid dienone is 1. The third kappa shape index (κ3) is 6.39. The quantitative estimate of drug-likeness (QED) is 0.105. The van der Waals surface area contributed by atoms with Crippen LogP contribution < -0.4 is 29.4 Å². The fourth-order valence-corrected chi connectivity index (χ4v) is 4.70. The van der Waals surface area contributed by atoms with Gasteiger partial charge in [-0.15, -0.1) is 0 Å². The molecule has 11 heteroatoms. The van der Waals surface area contributed by atoms with Crippen molar-refractivity contribution in [1.82, 2.24) is 0 Å². The van der Waals surface area contributed by atoms with Gasteiger partial charge in [0.05, 0.1) is 18.0 Å². The molecule has 1 aliphatic heterocycles. The first-order chi connectivity index (χ1) is 21.3. The molecular weight excluding hydrogens is 566 g/mol. The molecule has 44 heavy (non-hydrogen) atoms. The lowest BCUT2D eigenvalue weighted by atomic mass is 9.83. The molecule has 1 atom stereocenters. The highest BCUT2D eigenvalue weighted by Gasteiger charge is 2.32. The number of nitrogens with two attached hydrogens (primary N) is 1. The summed E-state index contributed by atoms with van der Waals surface area (Å²) in [7, 11) is 1.53. The lowest BCUT2D eigenvalue weighted by Crippen LogP contribution is -2.22. The van der Waals surface area contributed by atoms with Gasteiger partial charge in [0, 0.05) is 17.7 Å². The van der Waals surface area contributed by atoms with Crippen LogP contribution in [0.3, 0.4) is 0 Å². The monoisotopic (exact) mass is 593 g/mol. The predicted molar refractivity (Wildman–Crippen MR) is 158 cm³/mol. The van der Waals surface area contributed by atoms with Crippen LogP contribution in [0.15, 0.2) is 96.4 Å². The van der Waals surface area contributed by atoms with Crippen LogP contribution in [0.5, 0.6) is 28.7 Å². The van der Waals surface area contributed by atoms with Gasteiger partial charge in [0.1, 0.15) is 29.7 Å². The lowest BCUT2D eigenvalue weighted by molar-refractivity contribution is -0.385. The summed E-state index contributed by atoms with van der Waals surface area (Å²) in [6.45, 7) is 1.80. The number of nitro groups is 1. The van der Waals surface area contributed by atoms with Gasteiger partial charge in [-0.05, 0) is 42.3 Å². The van der Waals surface area contributed by atoms with Crippen LogP contribution in [0.25, 0.3) is 0 Å². The van der Waals surface area contributed by atoms with Crippen molar-refractivity contribution in [2.75, 3.05) is 13.7 Å². The molecule has 2 N–H and O–H groups in total. The Balaban J connectivity index is 1.35. The Kier molecular flexibility index (Phi) is 8.62. The van der Waals surface area contributed by atoms with Gasteiger partial charge in [-0.1, -0.05) is 54.1 Å². The standard InChI is InChI=1S/C33H27N3O8/c1-20-7-9-21(10-8-20)18-41-28-14-11-22(15-30(28)40-2)32-24-13-12-23(16-29(24)44-33(35)25(32)17-34)43-31(37)19-42-27-6-4-3-5-26(27)36(38)39/h3-16,32H,18-19,35H2,1-2H3. The van der Waals surface area contributed by atoms with Gasteiger partial charge >= 0.3 is 11.7 Å². The summed E-state index contributed by atoms with van der Waals surface area (Å²) < 4.78 is 28.1. The average molecular weight is 594 g/mol. The first kappa shape index (κ1) is 29.5. The van der Waals surface area contributed by atoms with Crippen LogP contribution in [0.1, 0.15) is 28.2 Å². The van der Waals surface area contributed by atoms with E-state index in [1.807, 2.05) is 37.3 Å². The number of benzene rings is 4. The van der Waals surface area contributed by atoms with E-state index in [9.17, 15) is 20.2 Å². The Bertz CT molecular complexity index is 1790. The minimum atomic E-state index is -0.789. The van der Waals surface area contributed by atoms with Crippen LogP contribution in [-0.4, -0.2) is 24.6 Å². The van der Waals surface area contributed by atoms with E-state index in [2.05, 4.69) is 6.07 Å². The van der Waals surface area contributed by atoms with Crippen molar-refractivity contribution in [2.45, 2.75) is 19.4 Å². The second-order valence-electron chi connectivity index (χ2n) is 9.80. The molecule has 222 valence electrons. The summed E-state index contributed by atoms with van der Waals surface area (Å²) in [4.78, 5) is 23.1. The Hall–Kier alpha value is -6.02. The molecule has 4 aromatic carbocycles. The molecule has 1 heterocycles. The molecule has 0 bridgehead atoms. The van der Waals surface area contributed by atoms with E-state index in [1.54, 1.807) is 30.3 Å². The highest BCUT2D eigenvalue weighted by atomic mass is 16.6. The SMILES string of the molecule is COc1cc(C2C(C#N)=C(N)Oc3cc(OC(=O)COc4ccccc4[N+](=O)[O-])ccc32)ccc1OCc1ccc(C)cc1. The number of rotatable bonds is 10. The third-order valence-electron chi connectivity index (χ3n) is 6.87. The summed E-state index contributed by atoms with van der Waals surface area (Å²) >= 11 is 0. The Morgan fingerprint density at radius 1 is 1.00 bits per heavy atom. The average Bonchev–Trinajstić information content (AvgIpc) is 3.02. The van der Waals surface area contributed by atoms with Crippen molar-refractivity contribution in [3.63, 3.8) is 0 Å². The van der Waals surface area contributed by atoms with Gasteiger partial charge in [0.2, 0.25) is 5.88 Å². The zero-order chi connectivity index (χ0) is 31.2. The van der Waals surface area contributed by atoms with Crippen LogP contribution in [0.2, 0.25) is 0 Å². The molecule has 0 saturated carbocycles. The van der Waals surface area contributed by atoms with Crippen LogP contribution in [0.4, 0.5) is 5.69 Å². The molecule has 0 amide bonds. The third-order valence-corrected chi connectivity index (χ3v) is 6.87. The number of nitriles is 1. The number of ether oxygens (including phenoxy) is 5. The first-order valence-electron chi connectivity index (χ1n) is 13.4. The minimum absolute atomic E-state index is 0.0602. The number of carbonyl (C=O) groups is 1. The van der Waals surface area contributed by atoms with E-state index in [-0.39, 0.29) is 34.4 Å². The van der Waals surface area contributed by atoms with Gasteiger partial charge in [-0.25, -0.2) is 4.79 Å². The van der Waals surface area contributed by atoms with Crippen molar-refractivity contribution in [2.24, 2.45) is 5.73 Å². The molecule has 4 aromatic rings. The van der Waals surface area contributed by atoms with Crippen LogP contribution in [-0.2, 0) is 11.4 Å². The number of nitro benzene ring substituents is 1. The van der Waals surface area contributed by atoms with Gasteiger partial charge in [-0.2, -0.15) is 5.26 Å². The molecule has 1 aliphatic rings. The molecule has 0 aromatic heterocycles. The highest BCUT2D eigenvalue weighted by Crippen LogP contribution is 2.45. The minimum Gasteiger partial charge on any atom is -0.493 e. The topological polar surface area (TPSA) is 156 Å². The molecule has 0 radical (unpaired) electrons. The molecule has 11 nitrogen and oxygen atoms in total. The van der Waals surface area contributed by atoms with Crippen molar-refractivity contribution in [3.8, 4) is 34.8 Å². The van der Waals surface area contributed by atoms with Crippen LogP contribution >= 0.6 is 0 Å². The molecule has 5 rings (SSSR count). The number of fused-ring (bicyclic) bond motifs is 1.